The van der Waals surface area contributed by atoms with Crippen LogP contribution in [-0.4, -0.2) is 11.7 Å². The van der Waals surface area contributed by atoms with Crippen LogP contribution >= 0.6 is 0 Å². The third-order valence-corrected chi connectivity index (χ3v) is 3.37. The lowest BCUT2D eigenvalue weighted by Gasteiger charge is -2.22. The van der Waals surface area contributed by atoms with Gasteiger partial charge < -0.3 is 14.8 Å². The van der Waals surface area contributed by atoms with Gasteiger partial charge in [0.2, 0.25) is 0 Å². The monoisotopic (exact) mass is 259 g/mol. The van der Waals surface area contributed by atoms with Gasteiger partial charge in [0.05, 0.1) is 12.3 Å². The highest BCUT2D eigenvalue weighted by Gasteiger charge is 2.17. The van der Waals surface area contributed by atoms with Crippen LogP contribution in [-0.2, 0) is 0 Å². The number of nitrogens with one attached hydrogen (secondary N) is 1. The first-order chi connectivity index (χ1) is 9.22. The quantitative estimate of drug-likeness (QED) is 0.836. The Morgan fingerprint density at radius 2 is 1.95 bits per heavy atom. The molecule has 0 radical (unpaired) electrons. The van der Waals surface area contributed by atoms with Crippen molar-refractivity contribution in [3.8, 4) is 0 Å². The number of aryl methyl sites for hydroxylation is 1. The summed E-state index contributed by atoms with van der Waals surface area (Å²) in [5, 5.41) is 12.8. The van der Waals surface area contributed by atoms with E-state index < -0.39 is 0 Å². The smallest absolute Gasteiger partial charge is 0.123 e. The zero-order valence-corrected chi connectivity index (χ0v) is 11.5. The van der Waals surface area contributed by atoms with Crippen molar-refractivity contribution in [1.29, 1.82) is 0 Å². The molecule has 0 bridgehead atoms. The van der Waals surface area contributed by atoms with Crippen molar-refractivity contribution in [3.05, 3.63) is 59.5 Å². The van der Waals surface area contributed by atoms with Crippen LogP contribution in [0.1, 0.15) is 42.3 Å². The van der Waals surface area contributed by atoms with Crippen LogP contribution in [0.25, 0.3) is 0 Å². The van der Waals surface area contributed by atoms with Crippen molar-refractivity contribution in [2.45, 2.75) is 32.4 Å². The van der Waals surface area contributed by atoms with Crippen molar-refractivity contribution >= 4 is 0 Å². The van der Waals surface area contributed by atoms with Crippen molar-refractivity contribution in [2.24, 2.45) is 0 Å². The maximum absolute atomic E-state index is 9.23. The third kappa shape index (κ3) is 3.46. The van der Waals surface area contributed by atoms with Crippen molar-refractivity contribution < 1.29 is 9.52 Å². The SMILES string of the molecule is Cc1ccoc1[C@@H](C)N[C@H](CCO)c1ccccc1. The van der Waals surface area contributed by atoms with Gasteiger partial charge in [-0.3, -0.25) is 0 Å². The molecule has 0 aliphatic carbocycles. The Kier molecular flexibility index (Phi) is 4.77. The van der Waals surface area contributed by atoms with Crippen molar-refractivity contribution in [1.82, 2.24) is 5.32 Å². The topological polar surface area (TPSA) is 45.4 Å². The molecule has 0 aliphatic rings. The molecule has 2 rings (SSSR count). The van der Waals surface area contributed by atoms with Crippen molar-refractivity contribution in [2.75, 3.05) is 6.61 Å². The summed E-state index contributed by atoms with van der Waals surface area (Å²) in [6, 6.07) is 12.4. The molecule has 0 spiro atoms. The zero-order chi connectivity index (χ0) is 13.7. The Hall–Kier alpha value is -1.58. The molecule has 1 heterocycles. The summed E-state index contributed by atoms with van der Waals surface area (Å²) < 4.78 is 5.52. The summed E-state index contributed by atoms with van der Waals surface area (Å²) in [7, 11) is 0. The van der Waals surface area contributed by atoms with Gasteiger partial charge in [-0.1, -0.05) is 30.3 Å². The number of hydrogen-bond donors (Lipinski definition) is 2. The number of rotatable bonds is 6. The van der Waals surface area contributed by atoms with Gasteiger partial charge in [0.25, 0.3) is 0 Å². The molecule has 2 aromatic rings. The van der Waals surface area contributed by atoms with Crippen LogP contribution in [0.2, 0.25) is 0 Å². The lowest BCUT2D eigenvalue weighted by atomic mass is 10.0. The Morgan fingerprint density at radius 1 is 1.21 bits per heavy atom. The number of benzene rings is 1. The fraction of sp³-hybridized carbons (Fsp3) is 0.375. The minimum Gasteiger partial charge on any atom is -0.467 e. The molecule has 3 nitrogen and oxygen atoms in total. The van der Waals surface area contributed by atoms with Crippen LogP contribution in [0.4, 0.5) is 0 Å². The van der Waals surface area contributed by atoms with E-state index in [-0.39, 0.29) is 18.7 Å². The van der Waals surface area contributed by atoms with Crippen LogP contribution < -0.4 is 5.32 Å². The molecule has 0 aliphatic heterocycles. The summed E-state index contributed by atoms with van der Waals surface area (Å²) >= 11 is 0. The van der Waals surface area contributed by atoms with Crippen molar-refractivity contribution in [3.63, 3.8) is 0 Å². The molecule has 1 aromatic carbocycles. The number of aliphatic hydroxyl groups is 1. The summed E-state index contributed by atoms with van der Waals surface area (Å²) in [5.74, 6) is 0.957. The maximum Gasteiger partial charge on any atom is 0.123 e. The molecule has 2 atom stereocenters. The summed E-state index contributed by atoms with van der Waals surface area (Å²) in [6.07, 6.45) is 2.40. The molecule has 0 amide bonds. The fourth-order valence-electron chi connectivity index (χ4n) is 2.37. The van der Waals surface area contributed by atoms with E-state index in [0.29, 0.717) is 6.42 Å². The van der Waals surface area contributed by atoms with E-state index in [0.717, 1.165) is 11.3 Å². The lowest BCUT2D eigenvalue weighted by molar-refractivity contribution is 0.256. The third-order valence-electron chi connectivity index (χ3n) is 3.37. The van der Waals surface area contributed by atoms with E-state index in [4.69, 9.17) is 4.42 Å². The molecule has 3 heteroatoms. The molecule has 0 fully saturated rings. The first-order valence-corrected chi connectivity index (χ1v) is 6.68. The lowest BCUT2D eigenvalue weighted by Crippen LogP contribution is -2.25. The molecule has 1 aromatic heterocycles. The van der Waals surface area contributed by atoms with Crippen LogP contribution in [0, 0.1) is 6.92 Å². The Morgan fingerprint density at radius 3 is 2.53 bits per heavy atom. The predicted octanol–water partition coefficient (Wildman–Crippen LogP) is 3.36. The summed E-state index contributed by atoms with van der Waals surface area (Å²) in [5.41, 5.74) is 2.34. The van der Waals surface area contributed by atoms with Crippen LogP contribution in [0.5, 0.6) is 0 Å². The number of furan rings is 1. The van der Waals surface area contributed by atoms with Gasteiger partial charge in [0.1, 0.15) is 5.76 Å². The van der Waals surface area contributed by atoms with E-state index in [2.05, 4.69) is 24.4 Å². The van der Waals surface area contributed by atoms with Gasteiger partial charge in [0, 0.05) is 12.6 Å². The normalized spacial score (nSPS) is 14.3. The minimum absolute atomic E-state index is 0.117. The van der Waals surface area contributed by atoms with Gasteiger partial charge in [-0.2, -0.15) is 0 Å². The second kappa shape index (κ2) is 6.55. The van der Waals surface area contributed by atoms with Gasteiger partial charge >= 0.3 is 0 Å². The number of aliphatic hydroxyl groups excluding tert-OH is 1. The first kappa shape index (κ1) is 13.8. The molecule has 19 heavy (non-hydrogen) atoms. The fourth-order valence-corrected chi connectivity index (χ4v) is 2.37. The van der Waals surface area contributed by atoms with Gasteiger partial charge in [-0.05, 0) is 37.5 Å². The average Bonchev–Trinajstić information content (AvgIpc) is 2.85. The molecule has 0 saturated carbocycles. The Balaban J connectivity index is 2.11. The highest BCUT2D eigenvalue weighted by molar-refractivity contribution is 5.21. The van der Waals surface area contributed by atoms with Gasteiger partial charge in [-0.25, -0.2) is 0 Å². The van der Waals surface area contributed by atoms with E-state index in [1.54, 1.807) is 6.26 Å². The minimum atomic E-state index is 0.117. The standard InChI is InChI=1S/C16H21NO2/c1-12-9-11-19-16(12)13(2)17-15(8-10-18)14-6-4-3-5-7-14/h3-7,9,11,13,15,17-18H,8,10H2,1-2H3/t13-,15-/m1/s1. The zero-order valence-electron chi connectivity index (χ0n) is 11.5. The summed E-state index contributed by atoms with van der Waals surface area (Å²) in [6.45, 7) is 4.29. The molecule has 102 valence electrons. The van der Waals surface area contributed by atoms with Gasteiger partial charge in [0.15, 0.2) is 0 Å². The Labute approximate surface area is 114 Å². The molecular formula is C16H21NO2. The largest absolute Gasteiger partial charge is 0.467 e. The highest BCUT2D eigenvalue weighted by atomic mass is 16.3. The van der Waals surface area contributed by atoms with E-state index in [1.165, 1.54) is 5.56 Å². The van der Waals surface area contributed by atoms with E-state index in [9.17, 15) is 5.11 Å². The average molecular weight is 259 g/mol. The second-order valence-corrected chi connectivity index (χ2v) is 4.83. The molecule has 0 saturated heterocycles. The first-order valence-electron chi connectivity index (χ1n) is 6.68. The van der Waals surface area contributed by atoms with Gasteiger partial charge in [-0.15, -0.1) is 0 Å². The van der Waals surface area contributed by atoms with Crippen LogP contribution in [0.3, 0.4) is 0 Å². The molecule has 0 unspecified atom stereocenters. The van der Waals surface area contributed by atoms with E-state index in [1.807, 2.05) is 31.2 Å². The molecular weight excluding hydrogens is 238 g/mol. The molecule has 2 N–H and O–H groups in total. The summed E-state index contributed by atoms with van der Waals surface area (Å²) in [4.78, 5) is 0. The maximum atomic E-state index is 9.23. The Bertz CT molecular complexity index is 492. The van der Waals surface area contributed by atoms with Crippen LogP contribution in [0.15, 0.2) is 47.1 Å². The predicted molar refractivity (Wildman–Crippen MR) is 75.9 cm³/mol. The highest BCUT2D eigenvalue weighted by Crippen LogP contribution is 2.24. The van der Waals surface area contributed by atoms with E-state index >= 15 is 0 Å². The number of hydrogen-bond acceptors (Lipinski definition) is 3. The second-order valence-electron chi connectivity index (χ2n) is 4.83.